The number of benzene rings is 3. The lowest BCUT2D eigenvalue weighted by molar-refractivity contribution is -0.166. The summed E-state index contributed by atoms with van der Waals surface area (Å²) < 4.78 is 9.64. The predicted octanol–water partition coefficient (Wildman–Crippen LogP) is 7.23. The number of amides is 1. The van der Waals surface area contributed by atoms with Crippen LogP contribution in [-0.2, 0) is 19.1 Å². The van der Waals surface area contributed by atoms with Gasteiger partial charge in [0, 0.05) is 18.3 Å². The fourth-order valence-corrected chi connectivity index (χ4v) is 6.55. The van der Waals surface area contributed by atoms with Crippen molar-refractivity contribution < 1.29 is 48.8 Å². The number of aryl methyl sites for hydroxylation is 2. The fraction of sp³-hybridized carbons (Fsp3) is 0.425. The number of rotatable bonds is 14. The summed E-state index contributed by atoms with van der Waals surface area (Å²) in [6.45, 7) is 7.52. The lowest BCUT2D eigenvalue weighted by Gasteiger charge is -2.29. The zero-order valence-electron chi connectivity index (χ0n) is 30.1. The van der Waals surface area contributed by atoms with E-state index in [2.05, 4.69) is 31.0 Å². The molecule has 1 aliphatic heterocycles. The number of likely N-dealkylation sites (tertiary alicyclic amines) is 1. The molecule has 12 nitrogen and oxygen atoms in total. The summed E-state index contributed by atoms with van der Waals surface area (Å²) in [6.07, 6.45) is 2.81. The van der Waals surface area contributed by atoms with E-state index in [1.54, 1.807) is 38.1 Å². The Hall–Kier alpha value is -5.23. The van der Waals surface area contributed by atoms with E-state index in [1.165, 1.54) is 72.4 Å². The first-order valence-corrected chi connectivity index (χ1v) is 17.7. The summed E-state index contributed by atoms with van der Waals surface area (Å²) in [5.41, 5.74) is 5.45. The Labute approximate surface area is 304 Å². The predicted molar refractivity (Wildman–Crippen MR) is 194 cm³/mol. The van der Waals surface area contributed by atoms with Gasteiger partial charge in [0.25, 0.3) is 0 Å². The zero-order chi connectivity index (χ0) is 37.9. The second-order valence-electron chi connectivity index (χ2n) is 13.4. The SMILES string of the molecule is CCCCCCCN(C(=O)O)c1ccc2c(c1)C1CCN(C)C2C1.Cc1ccc(C(=O)O[C@@H](C(=O)O)[C@@H](OC(=O)c2ccc(C)cc2)C(=O)O)cc1. The van der Waals surface area contributed by atoms with Crippen LogP contribution in [0.1, 0.15) is 107 Å². The standard InChI is InChI=1S/C20H30N2O2.C20H18O8/c1-3-4-5-6-7-11-22(20(23)24)16-8-9-17-18(14-16)15-10-12-21(2)19(17)13-15;1-11-3-7-13(8-4-11)19(25)27-15(17(21)22)16(18(23)24)28-20(26)14-9-5-12(2)6-10-14/h8-9,14-15,19H,3-7,10-13H2,1-2H3,(H,23,24);3-10,15-16H,1-2H3,(H,21,22)(H,23,24)/t;15-,16-/m.1/s1. The number of aliphatic carboxylic acids is 2. The number of nitrogens with zero attached hydrogens (tertiary/aromatic N) is 2. The van der Waals surface area contributed by atoms with Crippen LogP contribution in [0.3, 0.4) is 0 Å². The van der Waals surface area contributed by atoms with Crippen LogP contribution in [0.25, 0.3) is 0 Å². The molecule has 2 bridgehead atoms. The van der Waals surface area contributed by atoms with Gasteiger partial charge in [-0.05, 0) is 100 Å². The normalized spacial score (nSPS) is 17.1. The van der Waals surface area contributed by atoms with Gasteiger partial charge < -0.3 is 24.8 Å². The summed E-state index contributed by atoms with van der Waals surface area (Å²) in [5, 5.41) is 28.3. The Morgan fingerprint density at radius 1 is 0.750 bits per heavy atom. The van der Waals surface area contributed by atoms with Gasteiger partial charge in [-0.3, -0.25) is 9.80 Å². The van der Waals surface area contributed by atoms with Gasteiger partial charge in [0.2, 0.25) is 12.2 Å². The summed E-state index contributed by atoms with van der Waals surface area (Å²) in [5.74, 6) is -5.01. The molecule has 0 saturated carbocycles. The molecule has 1 fully saturated rings. The van der Waals surface area contributed by atoms with Crippen molar-refractivity contribution in [1.82, 2.24) is 4.90 Å². The quantitative estimate of drug-likeness (QED) is 0.114. The van der Waals surface area contributed by atoms with Crippen LogP contribution >= 0.6 is 0 Å². The number of carbonyl (C=O) groups is 5. The van der Waals surface area contributed by atoms with Crippen molar-refractivity contribution >= 4 is 35.7 Å². The minimum atomic E-state index is -2.22. The minimum absolute atomic E-state index is 0.0332. The molecule has 1 saturated heterocycles. The maximum atomic E-state index is 12.2. The highest BCUT2D eigenvalue weighted by molar-refractivity contribution is 5.95. The van der Waals surface area contributed by atoms with E-state index in [4.69, 9.17) is 9.47 Å². The zero-order valence-corrected chi connectivity index (χ0v) is 30.1. The van der Waals surface area contributed by atoms with Crippen LogP contribution in [0.2, 0.25) is 0 Å². The fourth-order valence-electron chi connectivity index (χ4n) is 6.55. The number of carboxylic acids is 2. The van der Waals surface area contributed by atoms with Crippen molar-refractivity contribution in [2.45, 2.75) is 89.9 Å². The molecular formula is C40H48N2O10. The van der Waals surface area contributed by atoms with Gasteiger partial charge in [0.15, 0.2) is 0 Å². The van der Waals surface area contributed by atoms with Gasteiger partial charge >= 0.3 is 30.0 Å². The number of anilines is 1. The molecule has 0 radical (unpaired) electrons. The Kier molecular flexibility index (Phi) is 13.9. The van der Waals surface area contributed by atoms with Crippen molar-refractivity contribution in [3.63, 3.8) is 0 Å². The van der Waals surface area contributed by atoms with Gasteiger partial charge in [0.1, 0.15) is 0 Å². The van der Waals surface area contributed by atoms with Gasteiger partial charge in [-0.2, -0.15) is 0 Å². The van der Waals surface area contributed by atoms with Gasteiger partial charge in [-0.1, -0.05) is 74.1 Å². The van der Waals surface area contributed by atoms with Crippen molar-refractivity contribution in [2.24, 2.45) is 0 Å². The molecule has 3 N–H and O–H groups in total. The number of hydrogen-bond acceptors (Lipinski definition) is 8. The largest absolute Gasteiger partial charge is 0.478 e. The molecule has 0 aromatic heterocycles. The molecule has 3 aromatic carbocycles. The number of piperidine rings is 1. The molecule has 3 aromatic rings. The molecule has 4 atom stereocenters. The van der Waals surface area contributed by atoms with Crippen molar-refractivity contribution in [2.75, 3.05) is 25.0 Å². The molecule has 2 aliphatic rings. The lowest BCUT2D eigenvalue weighted by atomic mass is 9.95. The first kappa shape index (κ1) is 39.6. The Morgan fingerprint density at radius 2 is 1.27 bits per heavy atom. The molecular weight excluding hydrogens is 668 g/mol. The highest BCUT2D eigenvalue weighted by atomic mass is 16.6. The van der Waals surface area contributed by atoms with Crippen LogP contribution < -0.4 is 4.90 Å². The van der Waals surface area contributed by atoms with E-state index in [-0.39, 0.29) is 11.1 Å². The second kappa shape index (κ2) is 18.3. The monoisotopic (exact) mass is 716 g/mol. The van der Waals surface area contributed by atoms with Crippen molar-refractivity contribution in [3.8, 4) is 0 Å². The van der Waals surface area contributed by atoms with Crippen LogP contribution in [-0.4, -0.2) is 82.5 Å². The average Bonchev–Trinajstić information content (AvgIpc) is 3.42. The van der Waals surface area contributed by atoms with Crippen LogP contribution in [0.4, 0.5) is 10.5 Å². The van der Waals surface area contributed by atoms with Gasteiger partial charge in [-0.25, -0.2) is 24.0 Å². The van der Waals surface area contributed by atoms with E-state index in [0.29, 0.717) is 18.5 Å². The number of fused-ring (bicyclic) bond motifs is 5. The molecule has 1 heterocycles. The third-order valence-electron chi connectivity index (χ3n) is 9.57. The first-order chi connectivity index (χ1) is 24.8. The molecule has 5 rings (SSSR count). The van der Waals surface area contributed by atoms with E-state index in [1.807, 2.05) is 6.07 Å². The number of esters is 2. The molecule has 2 unspecified atom stereocenters. The summed E-state index contributed by atoms with van der Waals surface area (Å²) >= 11 is 0. The molecule has 1 amide bonds. The number of carboxylic acid groups (broad SMARTS) is 3. The highest BCUT2D eigenvalue weighted by Crippen LogP contribution is 2.49. The summed E-state index contributed by atoms with van der Waals surface area (Å²) in [7, 11) is 2.20. The lowest BCUT2D eigenvalue weighted by Crippen LogP contribution is -2.45. The molecule has 0 spiro atoms. The van der Waals surface area contributed by atoms with E-state index < -0.39 is 42.2 Å². The Morgan fingerprint density at radius 3 is 1.75 bits per heavy atom. The van der Waals surface area contributed by atoms with Crippen LogP contribution in [0.15, 0.2) is 66.7 Å². The number of ether oxygens (including phenoxy) is 2. The van der Waals surface area contributed by atoms with Crippen molar-refractivity contribution in [1.29, 1.82) is 0 Å². The third-order valence-corrected chi connectivity index (χ3v) is 9.57. The van der Waals surface area contributed by atoms with E-state index >= 15 is 0 Å². The number of carbonyl (C=O) groups excluding carboxylic acids is 2. The second-order valence-corrected chi connectivity index (χ2v) is 13.4. The topological polar surface area (TPSA) is 171 Å². The summed E-state index contributed by atoms with van der Waals surface area (Å²) in [4.78, 5) is 63.0. The highest BCUT2D eigenvalue weighted by Gasteiger charge is 2.41. The van der Waals surface area contributed by atoms with Gasteiger partial charge in [-0.15, -0.1) is 0 Å². The van der Waals surface area contributed by atoms with Crippen LogP contribution in [0.5, 0.6) is 0 Å². The number of hydrogen-bond donors (Lipinski definition) is 3. The smallest absolute Gasteiger partial charge is 0.411 e. The third kappa shape index (κ3) is 10.2. The number of unbranched alkanes of at least 4 members (excludes halogenated alkanes) is 4. The molecule has 52 heavy (non-hydrogen) atoms. The maximum Gasteiger partial charge on any atom is 0.411 e. The van der Waals surface area contributed by atoms with Crippen molar-refractivity contribution in [3.05, 3.63) is 100 Å². The average molecular weight is 717 g/mol. The van der Waals surface area contributed by atoms with Crippen LogP contribution in [0, 0.1) is 13.8 Å². The summed E-state index contributed by atoms with van der Waals surface area (Å²) in [6, 6.07) is 18.9. The molecule has 12 heteroatoms. The van der Waals surface area contributed by atoms with Gasteiger partial charge in [0.05, 0.1) is 11.1 Å². The Balaban J connectivity index is 0.000000235. The van der Waals surface area contributed by atoms with E-state index in [0.717, 1.165) is 36.2 Å². The van der Waals surface area contributed by atoms with E-state index in [9.17, 15) is 39.3 Å². The first-order valence-electron chi connectivity index (χ1n) is 17.7. The maximum absolute atomic E-state index is 12.2. The molecule has 278 valence electrons. The molecule has 1 aliphatic carbocycles. The Bertz CT molecular complexity index is 1650. The minimum Gasteiger partial charge on any atom is -0.478 e.